The molecule has 2 N–H and O–H groups in total. The van der Waals surface area contributed by atoms with E-state index in [1.54, 1.807) is 0 Å². The fraction of sp³-hybridized carbons (Fsp3) is 0.231. The third-order valence-corrected chi connectivity index (χ3v) is 4.20. The van der Waals surface area contributed by atoms with Crippen molar-refractivity contribution in [1.29, 1.82) is 0 Å². The largest absolute Gasteiger partial charge is 0.462 e. The standard InChI is InChI=1S/C13H13NOS/c14-10-5-3-7-12-13(10)15-8-9-4-1-2-6-11(9)16-12/h1-2,4-6,8,11H,3,7,14H2. The minimum Gasteiger partial charge on any atom is -0.462 e. The van der Waals surface area contributed by atoms with Gasteiger partial charge in [0, 0.05) is 10.5 Å². The molecule has 0 saturated carbocycles. The third-order valence-electron chi connectivity index (χ3n) is 2.85. The van der Waals surface area contributed by atoms with E-state index in [-0.39, 0.29) is 0 Å². The van der Waals surface area contributed by atoms with E-state index in [4.69, 9.17) is 10.5 Å². The fourth-order valence-corrected chi connectivity index (χ4v) is 3.26. The number of hydrogen-bond acceptors (Lipinski definition) is 3. The maximum atomic E-state index is 5.95. The summed E-state index contributed by atoms with van der Waals surface area (Å²) in [7, 11) is 0. The van der Waals surface area contributed by atoms with Gasteiger partial charge in [0.25, 0.3) is 0 Å². The van der Waals surface area contributed by atoms with Crippen LogP contribution < -0.4 is 5.73 Å². The average molecular weight is 231 g/mol. The smallest absolute Gasteiger partial charge is 0.158 e. The molecular formula is C13H13NOS. The molecule has 3 rings (SSSR count). The van der Waals surface area contributed by atoms with Crippen LogP contribution in [0.15, 0.2) is 58.6 Å². The van der Waals surface area contributed by atoms with Gasteiger partial charge in [0.1, 0.15) is 0 Å². The maximum absolute atomic E-state index is 5.95. The summed E-state index contributed by atoms with van der Waals surface area (Å²) in [5.74, 6) is 0.861. The summed E-state index contributed by atoms with van der Waals surface area (Å²) in [6, 6.07) is 0. The molecule has 0 fully saturated rings. The van der Waals surface area contributed by atoms with E-state index in [0.717, 1.165) is 24.3 Å². The molecule has 1 aliphatic heterocycles. The van der Waals surface area contributed by atoms with Gasteiger partial charge in [-0.2, -0.15) is 0 Å². The first-order chi connectivity index (χ1) is 7.84. The molecule has 1 unspecified atom stereocenters. The topological polar surface area (TPSA) is 35.2 Å². The van der Waals surface area contributed by atoms with E-state index in [1.807, 2.05) is 30.2 Å². The molecule has 0 aromatic rings. The van der Waals surface area contributed by atoms with E-state index >= 15 is 0 Å². The molecule has 82 valence electrons. The zero-order valence-corrected chi connectivity index (χ0v) is 9.67. The van der Waals surface area contributed by atoms with Crippen LogP contribution in [0.5, 0.6) is 0 Å². The van der Waals surface area contributed by atoms with Gasteiger partial charge in [0.15, 0.2) is 5.76 Å². The lowest BCUT2D eigenvalue weighted by atomic mass is 10.1. The molecule has 3 aliphatic rings. The van der Waals surface area contributed by atoms with Crippen molar-refractivity contribution in [3.63, 3.8) is 0 Å². The molecule has 1 atom stereocenters. The third kappa shape index (κ3) is 1.61. The highest BCUT2D eigenvalue weighted by atomic mass is 32.2. The van der Waals surface area contributed by atoms with Crippen molar-refractivity contribution in [2.75, 3.05) is 0 Å². The van der Waals surface area contributed by atoms with E-state index < -0.39 is 0 Å². The van der Waals surface area contributed by atoms with Crippen molar-refractivity contribution in [2.45, 2.75) is 18.1 Å². The Kier molecular flexibility index (Phi) is 2.40. The number of rotatable bonds is 0. The first-order valence-electron chi connectivity index (χ1n) is 5.42. The van der Waals surface area contributed by atoms with Gasteiger partial charge in [-0.05, 0) is 12.8 Å². The fourth-order valence-electron chi connectivity index (χ4n) is 2.00. The summed E-state index contributed by atoms with van der Waals surface area (Å²) in [5, 5.41) is 0.378. The first-order valence-corrected chi connectivity index (χ1v) is 6.30. The van der Waals surface area contributed by atoms with E-state index in [9.17, 15) is 0 Å². The van der Waals surface area contributed by atoms with Crippen molar-refractivity contribution < 1.29 is 4.74 Å². The first kappa shape index (κ1) is 9.85. The minimum absolute atomic E-state index is 0.378. The van der Waals surface area contributed by atoms with Crippen LogP contribution in [-0.4, -0.2) is 5.25 Å². The number of thioether (sulfide) groups is 1. The van der Waals surface area contributed by atoms with Gasteiger partial charge in [0.2, 0.25) is 0 Å². The molecule has 0 radical (unpaired) electrons. The van der Waals surface area contributed by atoms with Crippen molar-refractivity contribution in [1.82, 2.24) is 0 Å². The molecule has 0 amide bonds. The SMILES string of the molecule is NC1=CCCC2=C1OC=C1C=CC=CC1S2. The van der Waals surface area contributed by atoms with Crippen LogP contribution >= 0.6 is 11.8 Å². The van der Waals surface area contributed by atoms with Gasteiger partial charge in [-0.3, -0.25) is 0 Å². The van der Waals surface area contributed by atoms with Gasteiger partial charge in [-0.25, -0.2) is 0 Å². The van der Waals surface area contributed by atoms with Gasteiger partial charge in [0.05, 0.1) is 17.2 Å². The summed E-state index contributed by atoms with van der Waals surface area (Å²) < 4.78 is 5.71. The van der Waals surface area contributed by atoms with Crippen LogP contribution in [0, 0.1) is 0 Å². The Labute approximate surface area is 99.2 Å². The predicted molar refractivity (Wildman–Crippen MR) is 67.4 cm³/mol. The van der Waals surface area contributed by atoms with E-state index in [0.29, 0.717) is 5.25 Å². The van der Waals surface area contributed by atoms with Crippen LogP contribution in [-0.2, 0) is 4.74 Å². The zero-order chi connectivity index (χ0) is 11.0. The van der Waals surface area contributed by atoms with Crippen LogP contribution in [0.4, 0.5) is 0 Å². The number of nitrogens with two attached hydrogens (primary N) is 1. The molecule has 0 saturated heterocycles. The van der Waals surface area contributed by atoms with Gasteiger partial charge in [-0.15, -0.1) is 11.8 Å². The lowest BCUT2D eigenvalue weighted by Crippen LogP contribution is -2.08. The molecule has 0 aromatic carbocycles. The van der Waals surface area contributed by atoms with E-state index in [2.05, 4.69) is 18.2 Å². The quantitative estimate of drug-likeness (QED) is 0.696. The minimum atomic E-state index is 0.378. The molecule has 3 heteroatoms. The van der Waals surface area contributed by atoms with Crippen molar-refractivity contribution in [3.05, 3.63) is 58.6 Å². The number of ether oxygens (including phenoxy) is 1. The summed E-state index contributed by atoms with van der Waals surface area (Å²) in [4.78, 5) is 1.27. The zero-order valence-electron chi connectivity index (χ0n) is 8.85. The van der Waals surface area contributed by atoms with Gasteiger partial charge >= 0.3 is 0 Å². The van der Waals surface area contributed by atoms with Crippen LogP contribution in [0.1, 0.15) is 12.8 Å². The lowest BCUT2D eigenvalue weighted by molar-refractivity contribution is 0.352. The lowest BCUT2D eigenvalue weighted by Gasteiger charge is -2.18. The van der Waals surface area contributed by atoms with Crippen molar-refractivity contribution in [2.24, 2.45) is 5.73 Å². The summed E-state index contributed by atoms with van der Waals surface area (Å²) >= 11 is 1.85. The number of hydrogen-bond donors (Lipinski definition) is 1. The van der Waals surface area contributed by atoms with Crippen molar-refractivity contribution >= 4 is 11.8 Å². The molecule has 1 heterocycles. The number of fused-ring (bicyclic) bond motifs is 1. The highest BCUT2D eigenvalue weighted by Gasteiger charge is 2.24. The Morgan fingerprint density at radius 1 is 1.38 bits per heavy atom. The average Bonchev–Trinajstić information content (AvgIpc) is 2.48. The predicted octanol–water partition coefficient (Wildman–Crippen LogP) is 2.98. The van der Waals surface area contributed by atoms with Crippen molar-refractivity contribution in [3.8, 4) is 0 Å². The second kappa shape index (κ2) is 3.91. The van der Waals surface area contributed by atoms with Gasteiger partial charge < -0.3 is 10.5 Å². The molecule has 0 spiro atoms. The van der Waals surface area contributed by atoms with Gasteiger partial charge in [-0.1, -0.05) is 30.4 Å². The van der Waals surface area contributed by atoms with E-state index in [1.165, 1.54) is 10.5 Å². The Morgan fingerprint density at radius 3 is 3.25 bits per heavy atom. The van der Waals surface area contributed by atoms with Crippen LogP contribution in [0.2, 0.25) is 0 Å². The summed E-state index contributed by atoms with van der Waals surface area (Å²) in [5.41, 5.74) is 7.93. The molecule has 2 aliphatic carbocycles. The highest BCUT2D eigenvalue weighted by molar-refractivity contribution is 8.04. The molecular weight excluding hydrogens is 218 g/mol. The molecule has 0 bridgehead atoms. The Hall–Kier alpha value is -1.35. The Balaban J connectivity index is 1.97. The second-order valence-electron chi connectivity index (χ2n) is 3.97. The summed E-state index contributed by atoms with van der Waals surface area (Å²) in [6.45, 7) is 0. The second-order valence-corrected chi connectivity index (χ2v) is 5.20. The molecule has 2 nitrogen and oxygen atoms in total. The molecule has 16 heavy (non-hydrogen) atoms. The Bertz CT molecular complexity index is 468. The number of allylic oxidation sites excluding steroid dienone is 5. The monoisotopic (exact) mass is 231 g/mol. The van der Waals surface area contributed by atoms with Crippen LogP contribution in [0.25, 0.3) is 0 Å². The van der Waals surface area contributed by atoms with Crippen LogP contribution in [0.3, 0.4) is 0 Å². The summed E-state index contributed by atoms with van der Waals surface area (Å²) in [6.07, 6.45) is 14.3. The maximum Gasteiger partial charge on any atom is 0.158 e. The normalized spacial score (nSPS) is 27.4. The highest BCUT2D eigenvalue weighted by Crippen LogP contribution is 2.40. The molecule has 0 aromatic heterocycles. The Morgan fingerprint density at radius 2 is 2.31 bits per heavy atom.